The standard InChI is InChI=1S/C18H25N3OS.C2H6/c1-2-3-5-13-8-9-15-14(12-13)6-4-7-16(15)23-17(10-11-19)21-18(20)22;1-2/h7-10,12H,2-6,11,19H2,1H3,(H3,20,21,22);1-2H3/b17-10+;. The molecule has 1 aromatic carbocycles. The van der Waals surface area contributed by atoms with Gasteiger partial charge in [-0.15, -0.1) is 0 Å². The molecule has 0 saturated heterocycles. The number of allylic oxidation sites excluding steroid dienone is 1. The third-order valence-corrected chi connectivity index (χ3v) is 4.86. The van der Waals surface area contributed by atoms with Crippen LogP contribution in [0.1, 0.15) is 56.7 Å². The Balaban J connectivity index is 0.00000151. The van der Waals surface area contributed by atoms with Gasteiger partial charge >= 0.3 is 6.03 Å². The lowest BCUT2D eigenvalue weighted by Gasteiger charge is -2.19. The van der Waals surface area contributed by atoms with Crippen molar-refractivity contribution in [3.63, 3.8) is 0 Å². The van der Waals surface area contributed by atoms with Crippen LogP contribution in [0.15, 0.2) is 35.4 Å². The summed E-state index contributed by atoms with van der Waals surface area (Å²) in [7, 11) is 0. The number of amides is 2. The van der Waals surface area contributed by atoms with Crippen LogP contribution >= 0.6 is 11.8 Å². The Morgan fingerprint density at radius 3 is 2.76 bits per heavy atom. The average molecular weight is 362 g/mol. The van der Waals surface area contributed by atoms with E-state index in [9.17, 15) is 4.79 Å². The third-order valence-electron chi connectivity index (χ3n) is 3.77. The van der Waals surface area contributed by atoms with Gasteiger partial charge in [-0.3, -0.25) is 0 Å². The normalized spacial score (nSPS) is 13.3. The molecule has 0 spiro atoms. The maximum Gasteiger partial charge on any atom is 0.317 e. The van der Waals surface area contributed by atoms with Gasteiger partial charge in [0, 0.05) is 11.4 Å². The number of urea groups is 1. The molecule has 0 unspecified atom stereocenters. The van der Waals surface area contributed by atoms with Crippen LogP contribution in [0.5, 0.6) is 0 Å². The molecule has 0 aliphatic heterocycles. The Hall–Kier alpha value is -1.72. The average Bonchev–Trinajstić information content (AvgIpc) is 2.61. The second kappa shape index (κ2) is 11.8. The Labute approximate surface area is 156 Å². The molecule has 138 valence electrons. The van der Waals surface area contributed by atoms with Crippen LogP contribution in [0, 0.1) is 0 Å². The molecule has 0 bridgehead atoms. The molecular formula is C20H31N3OS. The molecule has 5 heteroatoms. The first-order valence-corrected chi connectivity index (χ1v) is 9.92. The van der Waals surface area contributed by atoms with Gasteiger partial charge in [-0.1, -0.05) is 63.2 Å². The van der Waals surface area contributed by atoms with E-state index in [0.29, 0.717) is 11.6 Å². The van der Waals surface area contributed by atoms with Crippen molar-refractivity contribution in [1.29, 1.82) is 0 Å². The second-order valence-electron chi connectivity index (χ2n) is 5.60. The van der Waals surface area contributed by atoms with Crippen LogP contribution in [-0.2, 0) is 12.8 Å². The molecule has 0 fully saturated rings. The fourth-order valence-corrected chi connectivity index (χ4v) is 3.74. The van der Waals surface area contributed by atoms with Gasteiger partial charge in [0.1, 0.15) is 0 Å². The number of nitrogens with one attached hydrogen (secondary N) is 1. The van der Waals surface area contributed by atoms with Crippen molar-refractivity contribution in [2.75, 3.05) is 6.54 Å². The van der Waals surface area contributed by atoms with Crippen LogP contribution in [0.25, 0.3) is 4.91 Å². The van der Waals surface area contributed by atoms with Crippen molar-refractivity contribution in [1.82, 2.24) is 5.32 Å². The van der Waals surface area contributed by atoms with Crippen molar-refractivity contribution in [3.05, 3.63) is 52.1 Å². The van der Waals surface area contributed by atoms with E-state index in [2.05, 4.69) is 36.5 Å². The largest absolute Gasteiger partial charge is 0.351 e. The number of nitrogens with two attached hydrogens (primary N) is 2. The van der Waals surface area contributed by atoms with E-state index >= 15 is 0 Å². The highest BCUT2D eigenvalue weighted by Gasteiger charge is 2.15. The van der Waals surface area contributed by atoms with Gasteiger partial charge in [0.15, 0.2) is 0 Å². The molecule has 0 aromatic heterocycles. The molecule has 0 atom stereocenters. The van der Waals surface area contributed by atoms with Crippen LogP contribution in [-0.4, -0.2) is 12.6 Å². The summed E-state index contributed by atoms with van der Waals surface area (Å²) in [6.07, 6.45) is 9.65. The molecule has 0 radical (unpaired) electrons. The Morgan fingerprint density at radius 1 is 1.36 bits per heavy atom. The lowest BCUT2D eigenvalue weighted by molar-refractivity contribution is 0.252. The molecule has 2 amide bonds. The quantitative estimate of drug-likeness (QED) is 0.666. The zero-order valence-corrected chi connectivity index (χ0v) is 16.4. The Morgan fingerprint density at radius 2 is 2.12 bits per heavy atom. The summed E-state index contributed by atoms with van der Waals surface area (Å²) in [5.41, 5.74) is 14.8. The number of carbonyl (C=O) groups excluding carboxylic acids is 1. The van der Waals surface area contributed by atoms with E-state index in [0.717, 1.165) is 24.2 Å². The monoisotopic (exact) mass is 361 g/mol. The SMILES string of the molecule is CC.CCCCc1ccc2c(c1)CCC=C2S/C(=C/CN)NC(N)=O. The lowest BCUT2D eigenvalue weighted by atomic mass is 9.94. The van der Waals surface area contributed by atoms with Crippen molar-refractivity contribution in [3.8, 4) is 0 Å². The molecule has 1 aliphatic rings. The zero-order chi connectivity index (χ0) is 18.7. The minimum absolute atomic E-state index is 0.360. The number of thioether (sulfide) groups is 1. The van der Waals surface area contributed by atoms with E-state index < -0.39 is 6.03 Å². The van der Waals surface area contributed by atoms with Crippen molar-refractivity contribution in [2.24, 2.45) is 11.5 Å². The zero-order valence-electron chi connectivity index (χ0n) is 15.6. The second-order valence-corrected chi connectivity index (χ2v) is 6.68. The van der Waals surface area contributed by atoms with Gasteiger partial charge in [-0.25, -0.2) is 4.79 Å². The Bertz CT molecular complexity index is 623. The molecule has 25 heavy (non-hydrogen) atoms. The number of primary amides is 1. The van der Waals surface area contributed by atoms with Crippen LogP contribution in [0.4, 0.5) is 4.79 Å². The Kier molecular flexibility index (Phi) is 10.0. The summed E-state index contributed by atoms with van der Waals surface area (Å²) in [6, 6.07) is 6.17. The molecule has 1 aliphatic carbocycles. The highest BCUT2D eigenvalue weighted by atomic mass is 32.2. The van der Waals surface area contributed by atoms with E-state index in [4.69, 9.17) is 11.5 Å². The van der Waals surface area contributed by atoms with Gasteiger partial charge in [-0.05, 0) is 48.4 Å². The minimum atomic E-state index is -0.566. The number of benzene rings is 1. The van der Waals surface area contributed by atoms with E-state index in [1.807, 2.05) is 13.8 Å². The maximum atomic E-state index is 11.1. The van der Waals surface area contributed by atoms with Crippen molar-refractivity contribution in [2.45, 2.75) is 52.9 Å². The molecule has 1 aromatic rings. The number of rotatable bonds is 7. The summed E-state index contributed by atoms with van der Waals surface area (Å²) < 4.78 is 0. The summed E-state index contributed by atoms with van der Waals surface area (Å²) >= 11 is 1.52. The smallest absolute Gasteiger partial charge is 0.317 e. The summed E-state index contributed by atoms with van der Waals surface area (Å²) in [5, 5.41) is 3.33. The number of carbonyl (C=O) groups is 1. The predicted molar refractivity (Wildman–Crippen MR) is 110 cm³/mol. The highest BCUT2D eigenvalue weighted by molar-refractivity contribution is 8.11. The maximum absolute atomic E-state index is 11.1. The van der Waals surface area contributed by atoms with Crippen LogP contribution in [0.2, 0.25) is 0 Å². The van der Waals surface area contributed by atoms with E-state index in [1.54, 1.807) is 6.08 Å². The molecule has 0 heterocycles. The number of unbranched alkanes of at least 4 members (excludes halogenated alkanes) is 1. The summed E-state index contributed by atoms with van der Waals surface area (Å²) in [4.78, 5) is 12.3. The molecular weight excluding hydrogens is 330 g/mol. The van der Waals surface area contributed by atoms with Gasteiger partial charge in [0.05, 0.1) is 5.03 Å². The summed E-state index contributed by atoms with van der Waals surface area (Å²) in [5.74, 6) is 0. The van der Waals surface area contributed by atoms with Gasteiger partial charge in [-0.2, -0.15) is 0 Å². The molecule has 0 saturated carbocycles. The van der Waals surface area contributed by atoms with Gasteiger partial charge in [0.2, 0.25) is 0 Å². The van der Waals surface area contributed by atoms with Gasteiger partial charge < -0.3 is 16.8 Å². The molecule has 4 nitrogen and oxygen atoms in total. The minimum Gasteiger partial charge on any atom is -0.351 e. The first-order valence-electron chi connectivity index (χ1n) is 9.11. The van der Waals surface area contributed by atoms with E-state index in [-0.39, 0.29) is 0 Å². The fraction of sp³-hybridized carbons (Fsp3) is 0.450. The number of hydrogen-bond acceptors (Lipinski definition) is 3. The first-order chi connectivity index (χ1) is 12.1. The third kappa shape index (κ3) is 6.96. The summed E-state index contributed by atoms with van der Waals surface area (Å²) in [6.45, 7) is 6.58. The van der Waals surface area contributed by atoms with E-state index in [1.165, 1.54) is 41.3 Å². The van der Waals surface area contributed by atoms with Gasteiger partial charge in [0.25, 0.3) is 0 Å². The lowest BCUT2D eigenvalue weighted by Crippen LogP contribution is -2.28. The first kappa shape index (κ1) is 21.3. The number of hydrogen-bond donors (Lipinski definition) is 3. The molecule has 5 N–H and O–H groups in total. The number of fused-ring (bicyclic) bond motifs is 1. The fourth-order valence-electron chi connectivity index (χ4n) is 2.66. The highest BCUT2D eigenvalue weighted by Crippen LogP contribution is 2.38. The topological polar surface area (TPSA) is 81.1 Å². The van der Waals surface area contributed by atoms with Crippen LogP contribution in [0.3, 0.4) is 0 Å². The van der Waals surface area contributed by atoms with Crippen molar-refractivity contribution < 1.29 is 4.79 Å². The predicted octanol–water partition coefficient (Wildman–Crippen LogP) is 4.54. The molecule has 2 rings (SSSR count). The number of aryl methyl sites for hydroxylation is 2. The van der Waals surface area contributed by atoms with Crippen LogP contribution < -0.4 is 16.8 Å². The van der Waals surface area contributed by atoms with Crippen molar-refractivity contribution >= 4 is 22.7 Å².